The fourth-order valence-corrected chi connectivity index (χ4v) is 5.69. The molecule has 0 aromatic heterocycles. The van der Waals surface area contributed by atoms with E-state index in [1.165, 1.54) is 30.3 Å². The number of nitrogens with zero attached hydrogens (tertiary/aromatic N) is 1. The highest BCUT2D eigenvalue weighted by atomic mass is 32.2. The van der Waals surface area contributed by atoms with Crippen LogP contribution in [0.25, 0.3) is 0 Å². The summed E-state index contributed by atoms with van der Waals surface area (Å²) in [7, 11) is -4.16. The van der Waals surface area contributed by atoms with Crippen LogP contribution in [-0.4, -0.2) is 38.3 Å². The molecule has 1 N–H and O–H groups in total. The number of hydrogen-bond acceptors (Lipinski definition) is 5. The molecule has 1 fully saturated rings. The van der Waals surface area contributed by atoms with Gasteiger partial charge in [-0.15, -0.1) is 0 Å². The van der Waals surface area contributed by atoms with Gasteiger partial charge in [0, 0.05) is 42.7 Å². The Bertz CT molecular complexity index is 1400. The fourth-order valence-electron chi connectivity index (χ4n) is 4.56. The zero-order chi connectivity index (χ0) is 23.9. The van der Waals surface area contributed by atoms with E-state index < -0.39 is 26.3 Å². The van der Waals surface area contributed by atoms with E-state index in [9.17, 15) is 22.4 Å². The number of hydrogen-bond donors (Lipinski definition) is 1. The number of halogens is 1. The first-order valence-corrected chi connectivity index (χ1v) is 12.3. The molecule has 34 heavy (non-hydrogen) atoms. The maximum absolute atomic E-state index is 14.0. The van der Waals surface area contributed by atoms with E-state index in [4.69, 9.17) is 4.74 Å². The molecule has 1 spiro atoms. The van der Waals surface area contributed by atoms with E-state index in [0.29, 0.717) is 37.1 Å². The molecule has 174 valence electrons. The lowest BCUT2D eigenvalue weighted by molar-refractivity contribution is -0.0389. The number of ether oxygens (including phenoxy) is 1. The number of fused-ring (bicyclic) bond motifs is 2. The van der Waals surface area contributed by atoms with Crippen molar-refractivity contribution < 1.29 is 27.1 Å². The van der Waals surface area contributed by atoms with Crippen LogP contribution >= 0.6 is 0 Å². The second-order valence-corrected chi connectivity index (χ2v) is 9.99. The Morgan fingerprint density at radius 2 is 1.68 bits per heavy atom. The predicted octanol–water partition coefficient (Wildman–Crippen LogP) is 3.93. The van der Waals surface area contributed by atoms with E-state index >= 15 is 0 Å². The topological polar surface area (TPSA) is 92.8 Å². The summed E-state index contributed by atoms with van der Waals surface area (Å²) in [4.78, 5) is 26.6. The quantitative estimate of drug-likeness (QED) is 0.572. The molecule has 0 radical (unpaired) electrons. The summed E-state index contributed by atoms with van der Waals surface area (Å²) in [5.41, 5.74) is 1.16. The largest absolute Gasteiger partial charge is 0.450 e. The van der Waals surface area contributed by atoms with Gasteiger partial charge in [0.15, 0.2) is 0 Å². The molecule has 0 bridgehead atoms. The monoisotopic (exact) mass is 480 g/mol. The van der Waals surface area contributed by atoms with E-state index in [0.717, 1.165) is 11.6 Å². The maximum Gasteiger partial charge on any atom is 0.339 e. The van der Waals surface area contributed by atoms with Gasteiger partial charge in [0.25, 0.3) is 15.9 Å². The van der Waals surface area contributed by atoms with Crippen LogP contribution in [0.15, 0.2) is 77.7 Å². The number of amides is 1. The zero-order valence-electron chi connectivity index (χ0n) is 18.0. The summed E-state index contributed by atoms with van der Waals surface area (Å²) < 4.78 is 47.2. The zero-order valence-corrected chi connectivity index (χ0v) is 18.8. The maximum atomic E-state index is 14.0. The van der Waals surface area contributed by atoms with Crippen molar-refractivity contribution in [2.75, 3.05) is 17.8 Å². The van der Waals surface area contributed by atoms with Gasteiger partial charge >= 0.3 is 5.97 Å². The van der Waals surface area contributed by atoms with E-state index in [2.05, 4.69) is 4.72 Å². The first-order valence-electron chi connectivity index (χ1n) is 10.8. The molecule has 0 saturated carbocycles. The summed E-state index contributed by atoms with van der Waals surface area (Å²) in [6.45, 7) is 0.761. The third kappa shape index (κ3) is 3.81. The minimum Gasteiger partial charge on any atom is -0.450 e. The molecule has 2 heterocycles. The van der Waals surface area contributed by atoms with Crippen molar-refractivity contribution in [1.82, 2.24) is 4.90 Å². The van der Waals surface area contributed by atoms with E-state index in [-0.39, 0.29) is 17.6 Å². The number of benzene rings is 3. The summed E-state index contributed by atoms with van der Waals surface area (Å²) in [6.07, 6.45) is 0.947. The van der Waals surface area contributed by atoms with Crippen LogP contribution < -0.4 is 4.72 Å². The molecule has 9 heteroatoms. The average Bonchev–Trinajstić information content (AvgIpc) is 3.10. The molecule has 7 nitrogen and oxygen atoms in total. The highest BCUT2D eigenvalue weighted by Gasteiger charge is 2.47. The van der Waals surface area contributed by atoms with Crippen LogP contribution in [0.1, 0.15) is 39.1 Å². The van der Waals surface area contributed by atoms with Crippen LogP contribution in [0.2, 0.25) is 0 Å². The van der Waals surface area contributed by atoms with Gasteiger partial charge in [0.1, 0.15) is 16.3 Å². The Kier molecular flexibility index (Phi) is 5.36. The second-order valence-electron chi connectivity index (χ2n) is 8.34. The third-order valence-corrected chi connectivity index (χ3v) is 7.69. The van der Waals surface area contributed by atoms with Gasteiger partial charge in [-0.3, -0.25) is 9.52 Å². The number of sulfonamides is 1. The van der Waals surface area contributed by atoms with Gasteiger partial charge < -0.3 is 9.64 Å². The fraction of sp³-hybridized carbons (Fsp3) is 0.200. The average molecular weight is 481 g/mol. The molecule has 1 amide bonds. The summed E-state index contributed by atoms with van der Waals surface area (Å²) >= 11 is 0. The lowest BCUT2D eigenvalue weighted by Gasteiger charge is -2.38. The van der Waals surface area contributed by atoms with Crippen LogP contribution in [0, 0.1) is 5.82 Å². The predicted molar refractivity (Wildman–Crippen MR) is 122 cm³/mol. The number of rotatable bonds is 4. The number of likely N-dealkylation sites (tertiary alicyclic amines) is 1. The highest BCUT2D eigenvalue weighted by Crippen LogP contribution is 2.44. The lowest BCUT2D eigenvalue weighted by Crippen LogP contribution is -2.45. The molecule has 0 aliphatic carbocycles. The SMILES string of the molecule is O=C1OC2(CCN(C(=O)c3cccc(NS(=O)(=O)c4ccccc4F)c3)CC2)c2ccccc21. The molecule has 0 unspecified atom stereocenters. The first-order chi connectivity index (χ1) is 16.3. The molecule has 0 atom stereocenters. The van der Waals surface area contributed by atoms with E-state index in [1.54, 1.807) is 29.2 Å². The Hall–Kier alpha value is -3.72. The summed E-state index contributed by atoms with van der Waals surface area (Å²) in [6, 6.07) is 18.5. The van der Waals surface area contributed by atoms with Crippen molar-refractivity contribution in [1.29, 1.82) is 0 Å². The molecule has 1 saturated heterocycles. The van der Waals surface area contributed by atoms with E-state index in [1.807, 2.05) is 12.1 Å². The highest BCUT2D eigenvalue weighted by molar-refractivity contribution is 7.92. The minimum atomic E-state index is -4.16. The molecule has 2 aliphatic rings. The Morgan fingerprint density at radius 3 is 2.44 bits per heavy atom. The van der Waals surface area contributed by atoms with Crippen LogP contribution in [0.4, 0.5) is 10.1 Å². The van der Waals surface area contributed by atoms with Gasteiger partial charge in [0.05, 0.1) is 5.56 Å². The van der Waals surface area contributed by atoms with Crippen molar-refractivity contribution in [3.8, 4) is 0 Å². The van der Waals surface area contributed by atoms with Crippen LogP contribution in [0.5, 0.6) is 0 Å². The standard InChI is InChI=1S/C25H21FN2O5S/c26-21-10-3-4-11-22(21)34(31,32)27-18-7-5-6-17(16-18)23(29)28-14-12-25(13-15-28)20-9-2-1-8-19(20)24(30)33-25/h1-11,16,27H,12-15H2. The second kappa shape index (κ2) is 8.25. The van der Waals surface area contributed by atoms with Gasteiger partial charge in [-0.1, -0.05) is 36.4 Å². The number of carbonyl (C=O) groups excluding carboxylic acids is 2. The van der Waals surface area contributed by atoms with Gasteiger partial charge in [0.2, 0.25) is 0 Å². The van der Waals surface area contributed by atoms with Crippen LogP contribution in [-0.2, 0) is 20.4 Å². The Morgan fingerprint density at radius 1 is 0.971 bits per heavy atom. The minimum absolute atomic E-state index is 0.154. The van der Waals surface area contributed by atoms with Crippen LogP contribution in [0.3, 0.4) is 0 Å². The van der Waals surface area contributed by atoms with Crippen molar-refractivity contribution in [2.24, 2.45) is 0 Å². The van der Waals surface area contributed by atoms with Gasteiger partial charge in [-0.05, 0) is 36.4 Å². The number of anilines is 1. The van der Waals surface area contributed by atoms with Gasteiger partial charge in [-0.25, -0.2) is 17.6 Å². The number of nitrogens with one attached hydrogen (secondary N) is 1. The van der Waals surface area contributed by atoms with Crippen molar-refractivity contribution in [3.05, 3.63) is 95.3 Å². The lowest BCUT2D eigenvalue weighted by atomic mass is 9.83. The third-order valence-electron chi connectivity index (χ3n) is 6.27. The molecule has 3 aromatic carbocycles. The first kappa shape index (κ1) is 22.1. The van der Waals surface area contributed by atoms with Gasteiger partial charge in [-0.2, -0.15) is 0 Å². The molecular weight excluding hydrogens is 459 g/mol. The van der Waals surface area contributed by atoms with Crippen molar-refractivity contribution >= 4 is 27.6 Å². The molecular formula is C25H21FN2O5S. The Balaban J connectivity index is 1.31. The molecule has 2 aliphatic heterocycles. The Labute approximate surface area is 196 Å². The summed E-state index contributed by atoms with van der Waals surface area (Å²) in [5.74, 6) is -1.47. The number of piperidine rings is 1. The van der Waals surface area contributed by atoms with Crippen molar-refractivity contribution in [3.63, 3.8) is 0 Å². The number of esters is 1. The smallest absolute Gasteiger partial charge is 0.339 e. The number of carbonyl (C=O) groups is 2. The molecule has 3 aromatic rings. The molecule has 5 rings (SSSR count). The summed E-state index contributed by atoms with van der Waals surface area (Å²) in [5, 5.41) is 0. The normalized spacial score (nSPS) is 16.7. The van der Waals surface area contributed by atoms with Crippen molar-refractivity contribution in [2.45, 2.75) is 23.3 Å².